The second-order valence-electron chi connectivity index (χ2n) is 3.95. The first kappa shape index (κ1) is 8.61. The summed E-state index contributed by atoms with van der Waals surface area (Å²) in [4.78, 5) is 0. The molecule has 1 aromatic rings. The second-order valence-corrected chi connectivity index (χ2v) is 3.95. The third-order valence-corrected chi connectivity index (χ3v) is 2.91. The Kier molecular flexibility index (Phi) is 2.26. The molecule has 0 saturated heterocycles. The van der Waals surface area contributed by atoms with Crippen LogP contribution < -0.4 is 4.74 Å². The SMILES string of the molecule is COc1cccc2c1CC[C@@H](C)C2. The molecule has 0 spiro atoms. The summed E-state index contributed by atoms with van der Waals surface area (Å²) in [5.74, 6) is 1.91. The Morgan fingerprint density at radius 2 is 2.23 bits per heavy atom. The molecule has 70 valence electrons. The summed E-state index contributed by atoms with van der Waals surface area (Å²) in [6.45, 7) is 2.32. The van der Waals surface area contributed by atoms with Gasteiger partial charge in [0.1, 0.15) is 5.75 Å². The Morgan fingerprint density at radius 3 is 3.00 bits per heavy atom. The highest BCUT2D eigenvalue weighted by Gasteiger charge is 2.17. The minimum atomic E-state index is 0.833. The summed E-state index contributed by atoms with van der Waals surface area (Å²) in [7, 11) is 1.76. The molecule has 1 nitrogen and oxygen atoms in total. The van der Waals surface area contributed by atoms with Gasteiger partial charge in [0.15, 0.2) is 0 Å². The van der Waals surface area contributed by atoms with E-state index in [1.165, 1.54) is 30.4 Å². The molecule has 1 aromatic carbocycles. The Labute approximate surface area is 79.7 Å². The van der Waals surface area contributed by atoms with Crippen molar-refractivity contribution in [1.82, 2.24) is 0 Å². The van der Waals surface area contributed by atoms with E-state index < -0.39 is 0 Å². The molecule has 0 radical (unpaired) electrons. The van der Waals surface area contributed by atoms with Crippen molar-refractivity contribution in [1.29, 1.82) is 0 Å². The van der Waals surface area contributed by atoms with Gasteiger partial charge in [0.2, 0.25) is 0 Å². The van der Waals surface area contributed by atoms with E-state index in [0.29, 0.717) is 0 Å². The topological polar surface area (TPSA) is 9.23 Å². The van der Waals surface area contributed by atoms with Crippen LogP contribution in [0.1, 0.15) is 24.5 Å². The highest BCUT2D eigenvalue weighted by molar-refractivity contribution is 5.41. The molecule has 13 heavy (non-hydrogen) atoms. The normalized spacial score (nSPS) is 20.9. The van der Waals surface area contributed by atoms with Crippen LogP contribution in [0.25, 0.3) is 0 Å². The highest BCUT2D eigenvalue weighted by atomic mass is 16.5. The number of hydrogen-bond donors (Lipinski definition) is 0. The second kappa shape index (κ2) is 3.41. The maximum Gasteiger partial charge on any atom is 0.122 e. The average Bonchev–Trinajstić information content (AvgIpc) is 2.16. The molecule has 0 aromatic heterocycles. The summed E-state index contributed by atoms with van der Waals surface area (Å²) < 4.78 is 5.35. The van der Waals surface area contributed by atoms with Crippen molar-refractivity contribution in [3.8, 4) is 5.75 Å². The first-order valence-electron chi connectivity index (χ1n) is 4.96. The van der Waals surface area contributed by atoms with Crippen LogP contribution in [0.2, 0.25) is 0 Å². The van der Waals surface area contributed by atoms with E-state index in [4.69, 9.17) is 4.74 Å². The van der Waals surface area contributed by atoms with Crippen molar-refractivity contribution in [3.63, 3.8) is 0 Å². The zero-order valence-electron chi connectivity index (χ0n) is 8.34. The largest absolute Gasteiger partial charge is 0.496 e. The van der Waals surface area contributed by atoms with Crippen LogP contribution in [0.4, 0.5) is 0 Å². The van der Waals surface area contributed by atoms with Crippen molar-refractivity contribution in [2.75, 3.05) is 7.11 Å². The van der Waals surface area contributed by atoms with E-state index in [0.717, 1.165) is 11.7 Å². The molecule has 0 saturated carbocycles. The first-order valence-corrected chi connectivity index (χ1v) is 4.96. The van der Waals surface area contributed by atoms with E-state index in [9.17, 15) is 0 Å². The lowest BCUT2D eigenvalue weighted by atomic mass is 9.84. The molecular formula is C12H16O. The Balaban J connectivity index is 2.39. The predicted molar refractivity (Wildman–Crippen MR) is 54.2 cm³/mol. The maximum atomic E-state index is 5.35. The van der Waals surface area contributed by atoms with Gasteiger partial charge in [-0.3, -0.25) is 0 Å². The first-order chi connectivity index (χ1) is 6.31. The molecule has 0 unspecified atom stereocenters. The molecule has 2 rings (SSSR count). The van der Waals surface area contributed by atoms with E-state index in [1.54, 1.807) is 7.11 Å². The molecular weight excluding hydrogens is 160 g/mol. The van der Waals surface area contributed by atoms with E-state index in [1.807, 2.05) is 0 Å². The Bertz CT molecular complexity index is 304. The monoisotopic (exact) mass is 176 g/mol. The van der Waals surface area contributed by atoms with Crippen molar-refractivity contribution in [2.24, 2.45) is 5.92 Å². The van der Waals surface area contributed by atoms with E-state index in [2.05, 4.69) is 25.1 Å². The predicted octanol–water partition coefficient (Wildman–Crippen LogP) is 2.82. The van der Waals surface area contributed by atoms with Crippen LogP contribution in [0.3, 0.4) is 0 Å². The van der Waals surface area contributed by atoms with Gasteiger partial charge in [-0.2, -0.15) is 0 Å². The van der Waals surface area contributed by atoms with Crippen LogP contribution >= 0.6 is 0 Å². The molecule has 1 heteroatoms. The fraction of sp³-hybridized carbons (Fsp3) is 0.500. The van der Waals surface area contributed by atoms with Gasteiger partial charge in [-0.25, -0.2) is 0 Å². The van der Waals surface area contributed by atoms with Crippen molar-refractivity contribution < 1.29 is 4.74 Å². The minimum Gasteiger partial charge on any atom is -0.496 e. The quantitative estimate of drug-likeness (QED) is 0.639. The maximum absolute atomic E-state index is 5.35. The van der Waals surface area contributed by atoms with Crippen LogP contribution in [0, 0.1) is 5.92 Å². The number of methoxy groups -OCH3 is 1. The fourth-order valence-electron chi connectivity index (χ4n) is 2.15. The fourth-order valence-corrected chi connectivity index (χ4v) is 2.15. The molecule has 1 aliphatic rings. The lowest BCUT2D eigenvalue weighted by Gasteiger charge is -2.22. The number of hydrogen-bond acceptors (Lipinski definition) is 1. The Hall–Kier alpha value is -0.980. The summed E-state index contributed by atoms with van der Waals surface area (Å²) in [6, 6.07) is 6.39. The van der Waals surface area contributed by atoms with Gasteiger partial charge in [0.25, 0.3) is 0 Å². The van der Waals surface area contributed by atoms with Gasteiger partial charge in [0, 0.05) is 0 Å². The molecule has 0 heterocycles. The highest BCUT2D eigenvalue weighted by Crippen LogP contribution is 2.31. The van der Waals surface area contributed by atoms with Crippen LogP contribution in [-0.4, -0.2) is 7.11 Å². The molecule has 0 bridgehead atoms. The van der Waals surface area contributed by atoms with E-state index in [-0.39, 0.29) is 0 Å². The van der Waals surface area contributed by atoms with Gasteiger partial charge in [-0.15, -0.1) is 0 Å². The van der Waals surface area contributed by atoms with Gasteiger partial charge in [-0.1, -0.05) is 19.1 Å². The number of ether oxygens (including phenoxy) is 1. The van der Waals surface area contributed by atoms with E-state index >= 15 is 0 Å². The van der Waals surface area contributed by atoms with Gasteiger partial charge >= 0.3 is 0 Å². The van der Waals surface area contributed by atoms with Crippen molar-refractivity contribution in [2.45, 2.75) is 26.2 Å². The van der Waals surface area contributed by atoms with Gasteiger partial charge < -0.3 is 4.74 Å². The zero-order valence-corrected chi connectivity index (χ0v) is 8.34. The molecule has 0 amide bonds. The van der Waals surface area contributed by atoms with Gasteiger partial charge in [-0.05, 0) is 42.4 Å². The average molecular weight is 176 g/mol. The summed E-state index contributed by atoms with van der Waals surface area (Å²) in [5.41, 5.74) is 2.92. The molecule has 1 aliphatic carbocycles. The number of rotatable bonds is 1. The third-order valence-electron chi connectivity index (χ3n) is 2.91. The molecule has 0 N–H and O–H groups in total. The van der Waals surface area contributed by atoms with Gasteiger partial charge in [0.05, 0.1) is 7.11 Å². The molecule has 0 fully saturated rings. The lowest BCUT2D eigenvalue weighted by Crippen LogP contribution is -2.12. The standard InChI is InChI=1S/C12H16O/c1-9-6-7-11-10(8-9)4-3-5-12(11)13-2/h3-5,9H,6-8H2,1-2H3/t9-/m1/s1. The van der Waals surface area contributed by atoms with Crippen LogP contribution in [-0.2, 0) is 12.8 Å². The van der Waals surface area contributed by atoms with Crippen molar-refractivity contribution >= 4 is 0 Å². The minimum absolute atomic E-state index is 0.833. The zero-order chi connectivity index (χ0) is 9.26. The molecule has 1 atom stereocenters. The molecule has 0 aliphatic heterocycles. The summed E-state index contributed by atoms with van der Waals surface area (Å²) in [5, 5.41) is 0. The van der Waals surface area contributed by atoms with Crippen LogP contribution in [0.5, 0.6) is 5.75 Å². The number of benzene rings is 1. The van der Waals surface area contributed by atoms with Crippen molar-refractivity contribution in [3.05, 3.63) is 29.3 Å². The smallest absolute Gasteiger partial charge is 0.122 e. The summed E-state index contributed by atoms with van der Waals surface area (Å²) >= 11 is 0. The lowest BCUT2D eigenvalue weighted by molar-refractivity contribution is 0.399. The summed E-state index contributed by atoms with van der Waals surface area (Å²) in [6.07, 6.45) is 3.69. The number of fused-ring (bicyclic) bond motifs is 1. The third kappa shape index (κ3) is 1.55. The Morgan fingerprint density at radius 1 is 1.38 bits per heavy atom. The van der Waals surface area contributed by atoms with Crippen LogP contribution in [0.15, 0.2) is 18.2 Å².